The number of halogens is 3. The van der Waals surface area contributed by atoms with Crippen molar-refractivity contribution in [3.8, 4) is 22.7 Å². The van der Waals surface area contributed by atoms with Gasteiger partial charge in [0.2, 0.25) is 0 Å². The first-order valence-electron chi connectivity index (χ1n) is 9.66. The number of aromatic nitrogens is 2. The van der Waals surface area contributed by atoms with Gasteiger partial charge in [-0.25, -0.2) is 9.37 Å². The minimum Gasteiger partial charge on any atom is -0.435 e. The third-order valence-electron chi connectivity index (χ3n) is 4.68. The van der Waals surface area contributed by atoms with E-state index in [4.69, 9.17) is 0 Å². The Morgan fingerprint density at radius 1 is 1.06 bits per heavy atom. The van der Waals surface area contributed by atoms with Crippen molar-refractivity contribution in [1.82, 2.24) is 9.55 Å². The van der Waals surface area contributed by atoms with Crippen LogP contribution in [0.2, 0.25) is 0 Å². The molecular formula is C23H16F3N3O3S. The molecular weight excluding hydrogens is 455 g/mol. The van der Waals surface area contributed by atoms with Crippen LogP contribution in [-0.4, -0.2) is 21.1 Å². The van der Waals surface area contributed by atoms with Crippen molar-refractivity contribution in [1.29, 1.82) is 0 Å². The van der Waals surface area contributed by atoms with Crippen LogP contribution in [0.25, 0.3) is 16.9 Å². The van der Waals surface area contributed by atoms with E-state index in [0.29, 0.717) is 27.9 Å². The highest BCUT2D eigenvalue weighted by molar-refractivity contribution is 7.98. The van der Waals surface area contributed by atoms with Gasteiger partial charge in [-0.1, -0.05) is 36.0 Å². The second-order valence-electron chi connectivity index (χ2n) is 6.86. The minimum atomic E-state index is -2.94. The predicted octanol–water partition coefficient (Wildman–Crippen LogP) is 6.48. The van der Waals surface area contributed by atoms with E-state index in [1.54, 1.807) is 47.2 Å². The summed E-state index contributed by atoms with van der Waals surface area (Å²) in [7, 11) is 0. The lowest BCUT2D eigenvalue weighted by atomic mass is 10.1. The van der Waals surface area contributed by atoms with E-state index in [1.165, 1.54) is 48.2 Å². The Kier molecular flexibility index (Phi) is 6.64. The highest BCUT2D eigenvalue weighted by Crippen LogP contribution is 2.33. The Balaban J connectivity index is 1.73. The number of hydrogen-bond donors (Lipinski definition) is 0. The van der Waals surface area contributed by atoms with Crippen LogP contribution < -0.4 is 4.74 Å². The van der Waals surface area contributed by atoms with Crippen molar-refractivity contribution in [2.24, 2.45) is 0 Å². The molecule has 1 aromatic heterocycles. The second-order valence-corrected chi connectivity index (χ2v) is 7.80. The number of non-ortho nitro benzene ring substituents is 1. The van der Waals surface area contributed by atoms with Gasteiger partial charge in [0.25, 0.3) is 5.69 Å². The highest BCUT2D eigenvalue weighted by Gasteiger charge is 2.17. The molecule has 0 aliphatic heterocycles. The first-order chi connectivity index (χ1) is 15.9. The van der Waals surface area contributed by atoms with Crippen LogP contribution in [0.4, 0.5) is 18.9 Å². The number of nitrogens with zero attached hydrogens (tertiary/aromatic N) is 3. The number of nitro benzene ring substituents is 1. The molecule has 6 nitrogen and oxygen atoms in total. The molecule has 0 saturated carbocycles. The van der Waals surface area contributed by atoms with E-state index in [1.807, 2.05) is 0 Å². The summed E-state index contributed by atoms with van der Waals surface area (Å²) in [5.74, 6) is 0.175. The van der Waals surface area contributed by atoms with Crippen LogP contribution in [0, 0.1) is 15.9 Å². The molecule has 0 N–H and O–H groups in total. The predicted molar refractivity (Wildman–Crippen MR) is 118 cm³/mol. The van der Waals surface area contributed by atoms with Gasteiger partial charge in [-0.05, 0) is 42.0 Å². The molecule has 33 heavy (non-hydrogen) atoms. The average Bonchev–Trinajstić information content (AvgIpc) is 3.23. The number of imidazole rings is 1. The molecule has 0 aliphatic carbocycles. The van der Waals surface area contributed by atoms with Gasteiger partial charge in [0.1, 0.15) is 11.6 Å². The normalized spacial score (nSPS) is 11.0. The Morgan fingerprint density at radius 2 is 1.79 bits per heavy atom. The molecule has 0 spiro atoms. The molecule has 3 aromatic carbocycles. The maximum Gasteiger partial charge on any atom is 0.387 e. The van der Waals surface area contributed by atoms with Crippen molar-refractivity contribution in [3.05, 3.63) is 100 Å². The lowest BCUT2D eigenvalue weighted by Crippen LogP contribution is -2.03. The standard InChI is InChI=1S/C23H16F3N3O3S/c24-17-6-4-15(5-7-17)14-33-23-27-13-21(16-2-1-3-19(12-16)29(30)31)28(23)18-8-10-20(11-9-18)32-22(25)26/h1-13,22H,14H2. The Labute approximate surface area is 190 Å². The summed E-state index contributed by atoms with van der Waals surface area (Å²) in [6.07, 6.45) is 1.59. The lowest BCUT2D eigenvalue weighted by molar-refractivity contribution is -0.384. The molecule has 0 unspecified atom stereocenters. The van der Waals surface area contributed by atoms with Crippen LogP contribution in [0.5, 0.6) is 5.75 Å². The first-order valence-corrected chi connectivity index (χ1v) is 10.6. The van der Waals surface area contributed by atoms with Crippen LogP contribution in [0.15, 0.2) is 84.1 Å². The molecule has 0 saturated heterocycles. The quantitative estimate of drug-likeness (QED) is 0.167. The van der Waals surface area contributed by atoms with E-state index in [-0.39, 0.29) is 17.3 Å². The number of rotatable bonds is 8. The van der Waals surface area contributed by atoms with Gasteiger partial charge in [0, 0.05) is 29.1 Å². The zero-order valence-electron chi connectivity index (χ0n) is 16.9. The smallest absolute Gasteiger partial charge is 0.387 e. The zero-order chi connectivity index (χ0) is 23.4. The number of alkyl halides is 2. The summed E-state index contributed by atoms with van der Waals surface area (Å²) in [5.41, 5.74) is 2.58. The average molecular weight is 471 g/mol. The highest BCUT2D eigenvalue weighted by atomic mass is 32.2. The summed E-state index contributed by atoms with van der Waals surface area (Å²) >= 11 is 1.39. The first kappa shape index (κ1) is 22.4. The van der Waals surface area contributed by atoms with Crippen molar-refractivity contribution in [3.63, 3.8) is 0 Å². The molecule has 168 valence electrons. The molecule has 0 bridgehead atoms. The SMILES string of the molecule is O=[N+]([O-])c1cccc(-c2cnc(SCc3ccc(F)cc3)n2-c2ccc(OC(F)F)cc2)c1. The molecule has 0 fully saturated rings. The van der Waals surface area contributed by atoms with E-state index >= 15 is 0 Å². The zero-order valence-corrected chi connectivity index (χ0v) is 17.7. The number of hydrogen-bond acceptors (Lipinski definition) is 5. The van der Waals surface area contributed by atoms with Gasteiger partial charge in [-0.15, -0.1) is 0 Å². The van der Waals surface area contributed by atoms with Gasteiger partial charge in [-0.3, -0.25) is 14.7 Å². The maximum absolute atomic E-state index is 13.2. The number of nitro groups is 1. The van der Waals surface area contributed by atoms with Crippen LogP contribution in [-0.2, 0) is 5.75 Å². The molecule has 1 heterocycles. The Hall–Kier alpha value is -3.79. The van der Waals surface area contributed by atoms with Crippen LogP contribution in [0.3, 0.4) is 0 Å². The minimum absolute atomic E-state index is 0.00581. The number of ether oxygens (including phenoxy) is 1. The molecule has 4 rings (SSSR count). The molecule has 0 atom stereocenters. The molecule has 0 aliphatic rings. The van der Waals surface area contributed by atoms with Gasteiger partial charge in [-0.2, -0.15) is 8.78 Å². The van der Waals surface area contributed by atoms with E-state index in [2.05, 4.69) is 9.72 Å². The Morgan fingerprint density at radius 3 is 2.45 bits per heavy atom. The van der Waals surface area contributed by atoms with Crippen molar-refractivity contribution in [2.45, 2.75) is 17.5 Å². The topological polar surface area (TPSA) is 70.2 Å². The summed E-state index contributed by atoms with van der Waals surface area (Å²) in [5, 5.41) is 11.8. The fourth-order valence-corrected chi connectivity index (χ4v) is 4.12. The fourth-order valence-electron chi connectivity index (χ4n) is 3.17. The van der Waals surface area contributed by atoms with Crippen LogP contribution >= 0.6 is 11.8 Å². The van der Waals surface area contributed by atoms with Crippen LogP contribution in [0.1, 0.15) is 5.56 Å². The largest absolute Gasteiger partial charge is 0.435 e. The fraction of sp³-hybridized carbons (Fsp3) is 0.0870. The number of benzene rings is 3. The van der Waals surface area contributed by atoms with E-state index < -0.39 is 11.5 Å². The van der Waals surface area contributed by atoms with E-state index in [9.17, 15) is 23.3 Å². The molecule has 0 amide bonds. The molecule has 0 radical (unpaired) electrons. The van der Waals surface area contributed by atoms with Gasteiger partial charge < -0.3 is 4.74 Å². The lowest BCUT2D eigenvalue weighted by Gasteiger charge is -2.13. The summed E-state index contributed by atoms with van der Waals surface area (Å²) in [6, 6.07) is 18.3. The summed E-state index contributed by atoms with van der Waals surface area (Å²) < 4.78 is 44.4. The van der Waals surface area contributed by atoms with Crippen molar-refractivity contribution < 1.29 is 22.8 Å². The van der Waals surface area contributed by atoms with Gasteiger partial charge in [0.15, 0.2) is 5.16 Å². The second kappa shape index (κ2) is 9.78. The molecule has 10 heteroatoms. The van der Waals surface area contributed by atoms with E-state index in [0.717, 1.165) is 5.56 Å². The van der Waals surface area contributed by atoms with Crippen molar-refractivity contribution in [2.75, 3.05) is 0 Å². The molecule has 4 aromatic rings. The third-order valence-corrected chi connectivity index (χ3v) is 5.71. The van der Waals surface area contributed by atoms with Gasteiger partial charge >= 0.3 is 6.61 Å². The third kappa shape index (κ3) is 5.35. The maximum atomic E-state index is 13.2. The van der Waals surface area contributed by atoms with Crippen molar-refractivity contribution >= 4 is 17.4 Å². The van der Waals surface area contributed by atoms with Gasteiger partial charge in [0.05, 0.1) is 16.8 Å². The summed E-state index contributed by atoms with van der Waals surface area (Å²) in [6.45, 7) is -2.94. The summed E-state index contributed by atoms with van der Waals surface area (Å²) in [4.78, 5) is 15.2. The number of thioether (sulfide) groups is 1. The monoisotopic (exact) mass is 471 g/mol. The Bertz CT molecular complexity index is 1260.